The lowest BCUT2D eigenvalue weighted by atomic mass is 10.1. The van der Waals surface area contributed by atoms with Gasteiger partial charge in [-0.05, 0) is 54.3 Å². The summed E-state index contributed by atoms with van der Waals surface area (Å²) in [5.74, 6) is 0.0981. The van der Waals surface area contributed by atoms with Gasteiger partial charge < -0.3 is 4.90 Å². The van der Waals surface area contributed by atoms with Crippen LogP contribution in [0.5, 0.6) is 0 Å². The van der Waals surface area contributed by atoms with Gasteiger partial charge >= 0.3 is 0 Å². The smallest absolute Gasteiger partial charge is 0.243 e. The van der Waals surface area contributed by atoms with E-state index in [1.54, 1.807) is 24.3 Å². The molecule has 0 spiro atoms. The number of sulfonamides is 1. The Morgan fingerprint density at radius 3 is 2.43 bits per heavy atom. The maximum absolute atomic E-state index is 12.7. The number of carbonyl (C=O) groups is 1. The van der Waals surface area contributed by atoms with Crippen molar-refractivity contribution in [1.82, 2.24) is 4.31 Å². The van der Waals surface area contributed by atoms with Crippen molar-refractivity contribution in [3.05, 3.63) is 58.1 Å². The molecule has 2 aromatic carbocycles. The Bertz CT molecular complexity index is 954. The van der Waals surface area contributed by atoms with Crippen LogP contribution in [-0.2, 0) is 27.7 Å². The molecule has 0 unspecified atom stereocenters. The molecule has 0 N–H and O–H groups in total. The Kier molecular flexibility index (Phi) is 6.58. The summed E-state index contributed by atoms with van der Waals surface area (Å²) in [6.07, 6.45) is 1.86. The molecule has 0 atom stereocenters. The van der Waals surface area contributed by atoms with Crippen LogP contribution in [0.3, 0.4) is 0 Å². The summed E-state index contributed by atoms with van der Waals surface area (Å²) in [6.45, 7) is 5.27. The van der Waals surface area contributed by atoms with Crippen LogP contribution in [-0.4, -0.2) is 38.3 Å². The monoisotopic (exact) mass is 464 g/mol. The Morgan fingerprint density at radius 2 is 1.79 bits per heavy atom. The summed E-state index contributed by atoms with van der Waals surface area (Å²) in [5, 5.41) is 0. The number of anilines is 1. The predicted octanol–water partition coefficient (Wildman–Crippen LogP) is 4.00. The minimum absolute atomic E-state index is 0.0981. The number of halogens is 1. The molecular weight excluding hydrogens is 440 g/mol. The zero-order valence-corrected chi connectivity index (χ0v) is 18.6. The van der Waals surface area contributed by atoms with Gasteiger partial charge in [-0.1, -0.05) is 41.9 Å². The van der Waals surface area contributed by atoms with Gasteiger partial charge in [-0.3, -0.25) is 4.79 Å². The van der Waals surface area contributed by atoms with Gasteiger partial charge in [-0.15, -0.1) is 0 Å². The van der Waals surface area contributed by atoms with Crippen molar-refractivity contribution in [1.29, 1.82) is 0 Å². The number of carbonyl (C=O) groups excluding carboxylic acids is 1. The predicted molar refractivity (Wildman–Crippen MR) is 115 cm³/mol. The molecule has 1 amide bonds. The van der Waals surface area contributed by atoms with E-state index in [0.29, 0.717) is 37.4 Å². The minimum atomic E-state index is -3.44. The van der Waals surface area contributed by atoms with Gasteiger partial charge in [0.05, 0.1) is 4.90 Å². The van der Waals surface area contributed by atoms with Crippen molar-refractivity contribution in [2.45, 2.75) is 38.0 Å². The number of benzene rings is 2. The summed E-state index contributed by atoms with van der Waals surface area (Å²) in [6, 6.07) is 12.9. The highest BCUT2D eigenvalue weighted by Crippen LogP contribution is 2.31. The van der Waals surface area contributed by atoms with E-state index in [1.807, 2.05) is 30.9 Å². The summed E-state index contributed by atoms with van der Waals surface area (Å²) >= 11 is 3.47. The van der Waals surface area contributed by atoms with Gasteiger partial charge in [-0.25, -0.2) is 8.42 Å². The van der Waals surface area contributed by atoms with E-state index in [9.17, 15) is 13.2 Å². The highest BCUT2D eigenvalue weighted by atomic mass is 79.9. The van der Waals surface area contributed by atoms with Crippen molar-refractivity contribution in [2.75, 3.05) is 24.5 Å². The fraction of sp³-hybridized carbons (Fsp3) is 0.381. The van der Waals surface area contributed by atoms with Crippen molar-refractivity contribution in [3.63, 3.8) is 0 Å². The normalized spacial score (nSPS) is 13.8. The van der Waals surface area contributed by atoms with Crippen LogP contribution < -0.4 is 4.90 Å². The first-order valence-electron chi connectivity index (χ1n) is 9.54. The number of hydrogen-bond acceptors (Lipinski definition) is 3. The number of fused-ring (bicyclic) bond motifs is 1. The summed E-state index contributed by atoms with van der Waals surface area (Å²) < 4.78 is 27.6. The zero-order valence-electron chi connectivity index (χ0n) is 16.2. The number of aryl methyl sites for hydroxylation is 1. The molecule has 0 bridgehead atoms. The molecular formula is C21H25BrN2O3S. The lowest BCUT2D eigenvalue weighted by molar-refractivity contribution is -0.118. The third kappa shape index (κ3) is 4.31. The molecule has 7 heteroatoms. The van der Waals surface area contributed by atoms with E-state index in [-0.39, 0.29) is 5.91 Å². The van der Waals surface area contributed by atoms with Crippen molar-refractivity contribution in [2.24, 2.45) is 0 Å². The van der Waals surface area contributed by atoms with Crippen LogP contribution in [0.2, 0.25) is 0 Å². The Balaban J connectivity index is 1.64. The van der Waals surface area contributed by atoms with Gasteiger partial charge in [-0.2, -0.15) is 4.31 Å². The molecule has 0 radical (unpaired) electrons. The van der Waals surface area contributed by atoms with Gasteiger partial charge in [0.1, 0.15) is 0 Å². The fourth-order valence-corrected chi connectivity index (χ4v) is 5.42. The highest BCUT2D eigenvalue weighted by molar-refractivity contribution is 9.10. The third-order valence-electron chi connectivity index (χ3n) is 5.13. The van der Waals surface area contributed by atoms with Crippen LogP contribution in [0.25, 0.3) is 0 Å². The average molecular weight is 465 g/mol. The SMILES string of the molecule is CCN(CC)S(=O)(=O)c1ccc(CCC(=O)N2CCc3cc(Br)ccc32)cc1. The first kappa shape index (κ1) is 21.0. The zero-order chi connectivity index (χ0) is 20.3. The molecule has 28 heavy (non-hydrogen) atoms. The lowest BCUT2D eigenvalue weighted by Crippen LogP contribution is -2.30. The summed E-state index contributed by atoms with van der Waals surface area (Å²) in [4.78, 5) is 14.8. The van der Waals surface area contributed by atoms with Gasteiger partial charge in [0.2, 0.25) is 15.9 Å². The van der Waals surface area contributed by atoms with Gasteiger partial charge in [0.25, 0.3) is 0 Å². The number of amides is 1. The first-order valence-corrected chi connectivity index (χ1v) is 11.8. The molecule has 1 aliphatic heterocycles. The summed E-state index contributed by atoms with van der Waals surface area (Å²) in [7, 11) is -3.44. The van der Waals surface area contributed by atoms with Crippen LogP contribution in [0.15, 0.2) is 51.8 Å². The Labute approximate surface area is 175 Å². The maximum Gasteiger partial charge on any atom is 0.243 e. The van der Waals surface area contributed by atoms with E-state index in [2.05, 4.69) is 22.0 Å². The van der Waals surface area contributed by atoms with Crippen LogP contribution >= 0.6 is 15.9 Å². The molecule has 0 saturated carbocycles. The van der Waals surface area contributed by atoms with Gasteiger partial charge in [0, 0.05) is 36.2 Å². The number of hydrogen-bond donors (Lipinski definition) is 0. The second kappa shape index (κ2) is 8.76. The van der Waals surface area contributed by atoms with E-state index in [4.69, 9.17) is 0 Å². The molecule has 1 aliphatic rings. The number of nitrogens with zero attached hydrogens (tertiary/aromatic N) is 2. The van der Waals surface area contributed by atoms with Crippen LogP contribution in [0.1, 0.15) is 31.4 Å². The van der Waals surface area contributed by atoms with Crippen LogP contribution in [0.4, 0.5) is 5.69 Å². The molecule has 2 aromatic rings. The second-order valence-corrected chi connectivity index (χ2v) is 9.66. The Hall–Kier alpha value is -1.70. The molecule has 3 rings (SSSR count). The minimum Gasteiger partial charge on any atom is -0.312 e. The average Bonchev–Trinajstić information content (AvgIpc) is 3.10. The lowest BCUT2D eigenvalue weighted by Gasteiger charge is -2.19. The van der Waals surface area contributed by atoms with Crippen molar-refractivity contribution >= 4 is 37.5 Å². The topological polar surface area (TPSA) is 57.7 Å². The molecule has 1 heterocycles. The largest absolute Gasteiger partial charge is 0.312 e. The van der Waals surface area contributed by atoms with E-state index >= 15 is 0 Å². The van der Waals surface area contributed by atoms with Crippen molar-refractivity contribution < 1.29 is 13.2 Å². The van der Waals surface area contributed by atoms with E-state index < -0.39 is 10.0 Å². The summed E-state index contributed by atoms with van der Waals surface area (Å²) in [5.41, 5.74) is 3.14. The Morgan fingerprint density at radius 1 is 1.11 bits per heavy atom. The molecule has 0 saturated heterocycles. The third-order valence-corrected chi connectivity index (χ3v) is 7.69. The highest BCUT2D eigenvalue weighted by Gasteiger charge is 2.24. The van der Waals surface area contributed by atoms with Crippen LogP contribution in [0, 0.1) is 0 Å². The molecule has 150 valence electrons. The first-order chi connectivity index (χ1) is 13.4. The maximum atomic E-state index is 12.7. The number of rotatable bonds is 7. The molecule has 0 aliphatic carbocycles. The standard InChI is InChI=1S/C21H25BrN2O3S/c1-3-23(4-2)28(26,27)19-9-5-16(6-10-19)7-12-21(25)24-14-13-17-15-18(22)8-11-20(17)24/h5-6,8-11,15H,3-4,7,12-14H2,1-2H3. The second-order valence-electron chi connectivity index (χ2n) is 6.80. The fourth-order valence-electron chi connectivity index (χ4n) is 3.56. The molecule has 0 aromatic heterocycles. The van der Waals surface area contributed by atoms with E-state index in [0.717, 1.165) is 22.1 Å². The van der Waals surface area contributed by atoms with E-state index in [1.165, 1.54) is 9.87 Å². The van der Waals surface area contributed by atoms with Crippen molar-refractivity contribution in [3.8, 4) is 0 Å². The molecule has 5 nitrogen and oxygen atoms in total. The quantitative estimate of drug-likeness (QED) is 0.621. The molecule has 0 fully saturated rings. The van der Waals surface area contributed by atoms with Gasteiger partial charge in [0.15, 0.2) is 0 Å².